The first-order valence-corrected chi connectivity index (χ1v) is 6.88. The van der Waals surface area contributed by atoms with Crippen molar-refractivity contribution in [3.05, 3.63) is 12.2 Å². The zero-order chi connectivity index (χ0) is 12.4. The zero-order valence-corrected chi connectivity index (χ0v) is 11.2. The average Bonchev–Trinajstić information content (AvgIpc) is 2.91. The Balaban J connectivity index is 1.83. The molecule has 5 atom stereocenters. The van der Waals surface area contributed by atoms with E-state index in [0.717, 1.165) is 19.3 Å². The van der Waals surface area contributed by atoms with Gasteiger partial charge in [0.1, 0.15) is 5.60 Å². The third-order valence-corrected chi connectivity index (χ3v) is 5.61. The van der Waals surface area contributed by atoms with Crippen molar-refractivity contribution >= 4 is 0 Å². The first-order chi connectivity index (χ1) is 7.84. The second-order valence-corrected chi connectivity index (χ2v) is 7.14. The summed E-state index contributed by atoms with van der Waals surface area (Å²) in [6.45, 7) is 11.0. The van der Waals surface area contributed by atoms with Crippen LogP contribution in [0.1, 0.15) is 46.5 Å². The van der Waals surface area contributed by atoms with E-state index in [1.807, 2.05) is 0 Å². The van der Waals surface area contributed by atoms with Gasteiger partial charge in [-0.15, -0.1) is 0 Å². The summed E-state index contributed by atoms with van der Waals surface area (Å²) in [7, 11) is 0. The average molecular weight is 236 g/mol. The number of fused-ring (bicyclic) bond motifs is 2. The van der Waals surface area contributed by atoms with E-state index in [0.29, 0.717) is 17.3 Å². The van der Waals surface area contributed by atoms with Crippen LogP contribution < -0.4 is 0 Å². The van der Waals surface area contributed by atoms with Crippen LogP contribution in [0.2, 0.25) is 0 Å². The van der Waals surface area contributed by atoms with Gasteiger partial charge in [0.05, 0.1) is 12.2 Å². The minimum absolute atomic E-state index is 0.263. The molecule has 3 aliphatic rings. The molecule has 0 unspecified atom stereocenters. The molecule has 96 valence electrons. The molecule has 3 rings (SSSR count). The van der Waals surface area contributed by atoms with Gasteiger partial charge >= 0.3 is 0 Å². The van der Waals surface area contributed by atoms with Gasteiger partial charge in [-0.1, -0.05) is 26.0 Å². The van der Waals surface area contributed by atoms with Gasteiger partial charge in [-0.3, -0.25) is 0 Å². The molecule has 1 N–H and O–H groups in total. The van der Waals surface area contributed by atoms with E-state index in [9.17, 15) is 5.11 Å². The molecule has 0 radical (unpaired) electrons. The molecule has 2 aliphatic carbocycles. The quantitative estimate of drug-likeness (QED) is 0.518. The van der Waals surface area contributed by atoms with Crippen LogP contribution in [0.4, 0.5) is 0 Å². The fourth-order valence-corrected chi connectivity index (χ4v) is 4.03. The Labute approximate surface area is 104 Å². The zero-order valence-electron chi connectivity index (χ0n) is 11.2. The van der Waals surface area contributed by atoms with Crippen molar-refractivity contribution in [3.63, 3.8) is 0 Å². The van der Waals surface area contributed by atoms with Crippen LogP contribution in [0, 0.1) is 17.3 Å². The lowest BCUT2D eigenvalue weighted by molar-refractivity contribution is -0.00279. The van der Waals surface area contributed by atoms with Gasteiger partial charge in [0.15, 0.2) is 0 Å². The Morgan fingerprint density at radius 1 is 1.35 bits per heavy atom. The van der Waals surface area contributed by atoms with E-state index in [2.05, 4.69) is 27.4 Å². The van der Waals surface area contributed by atoms with Crippen LogP contribution >= 0.6 is 0 Å². The Bertz CT molecular complexity index is 360. The third kappa shape index (κ3) is 1.61. The molecular weight excluding hydrogens is 212 g/mol. The van der Waals surface area contributed by atoms with Crippen LogP contribution in [0.25, 0.3) is 0 Å². The maximum absolute atomic E-state index is 10.2. The standard InChI is InChI=1S/C15H24O2/c1-9-5-6-12(16)15(4)13(17-15)7-11-10(9)8-14(11,2)3/h10-13,16H,1,5-8H2,2-4H3/t10-,11-,12+,13+,15-/m1/s1. The number of aliphatic hydroxyl groups is 1. The van der Waals surface area contributed by atoms with Crippen LogP contribution in [-0.4, -0.2) is 22.9 Å². The monoisotopic (exact) mass is 236 g/mol. The number of epoxide rings is 1. The van der Waals surface area contributed by atoms with Gasteiger partial charge in [-0.2, -0.15) is 0 Å². The molecule has 0 aromatic rings. The molecule has 1 aliphatic heterocycles. The highest BCUT2D eigenvalue weighted by molar-refractivity contribution is 5.18. The first kappa shape index (κ1) is 11.7. The fourth-order valence-electron chi connectivity index (χ4n) is 4.03. The Morgan fingerprint density at radius 3 is 2.71 bits per heavy atom. The molecule has 3 fully saturated rings. The molecule has 0 amide bonds. The summed E-state index contributed by atoms with van der Waals surface area (Å²) in [6, 6.07) is 0. The maximum Gasteiger partial charge on any atom is 0.118 e. The van der Waals surface area contributed by atoms with E-state index in [4.69, 9.17) is 4.74 Å². The van der Waals surface area contributed by atoms with Crippen molar-refractivity contribution in [2.45, 2.75) is 64.3 Å². The number of ether oxygens (including phenoxy) is 1. The van der Waals surface area contributed by atoms with E-state index >= 15 is 0 Å². The molecule has 0 bridgehead atoms. The van der Waals surface area contributed by atoms with Crippen molar-refractivity contribution in [1.29, 1.82) is 0 Å². The van der Waals surface area contributed by atoms with Crippen molar-refractivity contribution in [2.75, 3.05) is 0 Å². The lowest BCUT2D eigenvalue weighted by atomic mass is 9.52. The summed E-state index contributed by atoms with van der Waals surface area (Å²) < 4.78 is 5.79. The molecule has 2 nitrogen and oxygen atoms in total. The fraction of sp³-hybridized carbons (Fsp3) is 0.867. The number of aliphatic hydroxyl groups excluding tert-OH is 1. The number of hydrogen-bond donors (Lipinski definition) is 1. The first-order valence-electron chi connectivity index (χ1n) is 6.88. The van der Waals surface area contributed by atoms with E-state index in [1.54, 1.807) is 0 Å². The molecule has 2 saturated carbocycles. The minimum Gasteiger partial charge on any atom is -0.390 e. The molecule has 1 heterocycles. The normalized spacial score (nSPS) is 52.4. The summed E-state index contributed by atoms with van der Waals surface area (Å²) in [6.07, 6.45) is 4.10. The predicted octanol–water partition coefficient (Wildman–Crippen LogP) is 2.91. The summed E-state index contributed by atoms with van der Waals surface area (Å²) in [5, 5.41) is 10.2. The van der Waals surface area contributed by atoms with Gasteiger partial charge in [-0.05, 0) is 49.9 Å². The summed E-state index contributed by atoms with van der Waals surface area (Å²) >= 11 is 0. The number of hydrogen-bond acceptors (Lipinski definition) is 2. The molecule has 0 aromatic carbocycles. The molecule has 1 saturated heterocycles. The van der Waals surface area contributed by atoms with Crippen LogP contribution in [-0.2, 0) is 4.74 Å². The SMILES string of the molecule is C=C1CC[C@H](O)[C@@]2(C)O[C@H]2C[C@@H]2[C@@H]1CC2(C)C. The molecule has 17 heavy (non-hydrogen) atoms. The molecule has 0 spiro atoms. The third-order valence-electron chi connectivity index (χ3n) is 5.61. The molecular formula is C15H24O2. The minimum atomic E-state index is -0.315. The van der Waals surface area contributed by atoms with Crippen LogP contribution in [0.3, 0.4) is 0 Å². The van der Waals surface area contributed by atoms with Crippen molar-refractivity contribution in [1.82, 2.24) is 0 Å². The summed E-state index contributed by atoms with van der Waals surface area (Å²) in [5.41, 5.74) is 1.52. The van der Waals surface area contributed by atoms with Gasteiger partial charge < -0.3 is 9.84 Å². The lowest BCUT2D eigenvalue weighted by Gasteiger charge is -2.52. The Kier molecular flexibility index (Phi) is 2.32. The number of allylic oxidation sites excluding steroid dienone is 1. The predicted molar refractivity (Wildman–Crippen MR) is 67.7 cm³/mol. The lowest BCUT2D eigenvalue weighted by Crippen LogP contribution is -2.45. The van der Waals surface area contributed by atoms with E-state index in [-0.39, 0.29) is 17.8 Å². The Hall–Kier alpha value is -0.340. The van der Waals surface area contributed by atoms with Crippen molar-refractivity contribution < 1.29 is 9.84 Å². The van der Waals surface area contributed by atoms with Gasteiger partial charge in [0.25, 0.3) is 0 Å². The van der Waals surface area contributed by atoms with E-state index in [1.165, 1.54) is 12.0 Å². The largest absolute Gasteiger partial charge is 0.390 e. The Morgan fingerprint density at radius 2 is 2.06 bits per heavy atom. The van der Waals surface area contributed by atoms with Crippen molar-refractivity contribution in [3.8, 4) is 0 Å². The molecule has 0 aromatic heterocycles. The highest BCUT2D eigenvalue weighted by atomic mass is 16.6. The summed E-state index contributed by atoms with van der Waals surface area (Å²) in [4.78, 5) is 0. The highest BCUT2D eigenvalue weighted by Crippen LogP contribution is 2.60. The topological polar surface area (TPSA) is 32.8 Å². The molecule has 2 heteroatoms. The maximum atomic E-state index is 10.2. The number of rotatable bonds is 0. The van der Waals surface area contributed by atoms with E-state index < -0.39 is 0 Å². The highest BCUT2D eigenvalue weighted by Gasteiger charge is 2.61. The van der Waals surface area contributed by atoms with Crippen LogP contribution in [0.15, 0.2) is 12.2 Å². The second-order valence-electron chi connectivity index (χ2n) is 7.14. The van der Waals surface area contributed by atoms with Gasteiger partial charge in [0, 0.05) is 0 Å². The van der Waals surface area contributed by atoms with Gasteiger partial charge in [-0.25, -0.2) is 0 Å². The summed E-state index contributed by atoms with van der Waals surface area (Å²) in [5.74, 6) is 1.37. The smallest absolute Gasteiger partial charge is 0.118 e. The van der Waals surface area contributed by atoms with Crippen molar-refractivity contribution in [2.24, 2.45) is 17.3 Å². The second kappa shape index (κ2) is 3.36. The van der Waals surface area contributed by atoms with Crippen LogP contribution in [0.5, 0.6) is 0 Å². The van der Waals surface area contributed by atoms with Gasteiger partial charge in [0.2, 0.25) is 0 Å².